The topological polar surface area (TPSA) is 43.9 Å². The lowest BCUT2D eigenvalue weighted by Gasteiger charge is -2.09. The lowest BCUT2D eigenvalue weighted by atomic mass is 10.1. The normalized spacial score (nSPS) is 14.7. The van der Waals surface area contributed by atoms with Crippen molar-refractivity contribution in [3.8, 4) is 0 Å². The van der Waals surface area contributed by atoms with E-state index in [4.69, 9.17) is 4.42 Å². The third-order valence-electron chi connectivity index (χ3n) is 4.23. The van der Waals surface area contributed by atoms with Crippen LogP contribution in [0.4, 0.5) is 13.2 Å². The van der Waals surface area contributed by atoms with Crippen molar-refractivity contribution in [2.45, 2.75) is 42.4 Å². The first kappa shape index (κ1) is 17.2. The molecule has 0 atom stereocenters. The van der Waals surface area contributed by atoms with Gasteiger partial charge in [0.2, 0.25) is 0 Å². The van der Waals surface area contributed by atoms with Crippen molar-refractivity contribution in [1.82, 2.24) is 14.8 Å². The zero-order valence-corrected chi connectivity index (χ0v) is 14.6. The molecule has 1 aliphatic carbocycles. The Morgan fingerprint density at radius 2 is 1.88 bits per heavy atom. The van der Waals surface area contributed by atoms with Crippen LogP contribution < -0.4 is 0 Å². The van der Waals surface area contributed by atoms with Crippen LogP contribution in [0.15, 0.2) is 52.2 Å². The molecule has 8 heteroatoms. The Balaban J connectivity index is 1.49. The van der Waals surface area contributed by atoms with Crippen LogP contribution in [0, 0.1) is 0 Å². The van der Waals surface area contributed by atoms with Gasteiger partial charge in [0.15, 0.2) is 5.16 Å². The van der Waals surface area contributed by atoms with Crippen molar-refractivity contribution in [3.05, 3.63) is 65.4 Å². The highest BCUT2D eigenvalue weighted by Crippen LogP contribution is 2.40. The summed E-state index contributed by atoms with van der Waals surface area (Å²) in [6, 6.07) is 8.97. The Kier molecular flexibility index (Phi) is 4.52. The van der Waals surface area contributed by atoms with Crippen LogP contribution in [0.1, 0.15) is 41.5 Å². The van der Waals surface area contributed by atoms with E-state index in [1.54, 1.807) is 6.26 Å². The molecule has 0 N–H and O–H groups in total. The van der Waals surface area contributed by atoms with E-state index >= 15 is 0 Å². The minimum Gasteiger partial charge on any atom is -0.467 e. The first-order chi connectivity index (χ1) is 12.5. The molecule has 0 saturated heterocycles. The van der Waals surface area contributed by atoms with Gasteiger partial charge in [0.05, 0.1) is 18.4 Å². The fraction of sp³-hybridized carbons (Fsp3) is 0.333. The fourth-order valence-corrected chi connectivity index (χ4v) is 3.60. The monoisotopic (exact) mass is 379 g/mol. The van der Waals surface area contributed by atoms with Gasteiger partial charge in [-0.25, -0.2) is 0 Å². The largest absolute Gasteiger partial charge is 0.467 e. The van der Waals surface area contributed by atoms with E-state index in [-0.39, 0.29) is 0 Å². The predicted molar refractivity (Wildman–Crippen MR) is 90.8 cm³/mol. The molecule has 1 fully saturated rings. The van der Waals surface area contributed by atoms with Gasteiger partial charge in [0.1, 0.15) is 11.6 Å². The first-order valence-electron chi connectivity index (χ1n) is 8.25. The van der Waals surface area contributed by atoms with Gasteiger partial charge in [-0.05, 0) is 42.7 Å². The van der Waals surface area contributed by atoms with Crippen molar-refractivity contribution in [1.29, 1.82) is 0 Å². The average Bonchev–Trinajstić information content (AvgIpc) is 3.18. The summed E-state index contributed by atoms with van der Waals surface area (Å²) in [6.07, 6.45) is -0.459. The molecule has 0 radical (unpaired) electrons. The SMILES string of the molecule is FC(F)(F)c1ccc(CSc2nnc(C3CC3)n2Cc2ccco2)cc1. The predicted octanol–water partition coefficient (Wildman–Crippen LogP) is 5.11. The summed E-state index contributed by atoms with van der Waals surface area (Å²) in [5.41, 5.74) is 0.173. The van der Waals surface area contributed by atoms with E-state index < -0.39 is 11.7 Å². The van der Waals surface area contributed by atoms with Crippen LogP contribution in [-0.2, 0) is 18.5 Å². The lowest BCUT2D eigenvalue weighted by Crippen LogP contribution is -2.05. The van der Waals surface area contributed by atoms with Crippen molar-refractivity contribution in [3.63, 3.8) is 0 Å². The first-order valence-corrected chi connectivity index (χ1v) is 9.23. The van der Waals surface area contributed by atoms with Crippen molar-refractivity contribution in [2.24, 2.45) is 0 Å². The van der Waals surface area contributed by atoms with E-state index in [0.29, 0.717) is 18.2 Å². The molecule has 1 saturated carbocycles. The van der Waals surface area contributed by atoms with Crippen LogP contribution in [0.5, 0.6) is 0 Å². The number of hydrogen-bond acceptors (Lipinski definition) is 4. The van der Waals surface area contributed by atoms with E-state index in [1.807, 2.05) is 16.7 Å². The Hall–Kier alpha value is -2.22. The number of alkyl halides is 3. The quantitative estimate of drug-likeness (QED) is 0.559. The molecule has 4 nitrogen and oxygen atoms in total. The Morgan fingerprint density at radius 3 is 2.50 bits per heavy atom. The molecule has 2 heterocycles. The standard InChI is InChI=1S/C18H16F3N3OS/c19-18(20,21)14-7-3-12(4-8-14)11-26-17-23-22-16(13-5-6-13)24(17)10-15-2-1-9-25-15/h1-4,7-9,13H,5-6,10-11H2. The summed E-state index contributed by atoms with van der Waals surface area (Å²) in [6.45, 7) is 0.557. The van der Waals surface area contributed by atoms with Gasteiger partial charge < -0.3 is 4.42 Å². The number of benzene rings is 1. The highest BCUT2D eigenvalue weighted by atomic mass is 32.2. The zero-order valence-electron chi connectivity index (χ0n) is 13.7. The van der Waals surface area contributed by atoms with Crippen LogP contribution in [0.25, 0.3) is 0 Å². The van der Waals surface area contributed by atoms with Gasteiger partial charge in [0.25, 0.3) is 0 Å². The summed E-state index contributed by atoms with van der Waals surface area (Å²) in [5, 5.41) is 9.36. The van der Waals surface area contributed by atoms with Crippen LogP contribution in [-0.4, -0.2) is 14.8 Å². The lowest BCUT2D eigenvalue weighted by molar-refractivity contribution is -0.137. The minimum atomic E-state index is -4.31. The molecular weight excluding hydrogens is 363 g/mol. The second kappa shape index (κ2) is 6.83. The van der Waals surface area contributed by atoms with Gasteiger partial charge in [-0.3, -0.25) is 4.57 Å². The van der Waals surface area contributed by atoms with Crippen LogP contribution >= 0.6 is 11.8 Å². The molecule has 0 amide bonds. The Morgan fingerprint density at radius 1 is 1.12 bits per heavy atom. The van der Waals surface area contributed by atoms with E-state index in [9.17, 15) is 13.2 Å². The molecule has 1 aliphatic rings. The van der Waals surface area contributed by atoms with Crippen LogP contribution in [0.2, 0.25) is 0 Å². The molecule has 2 aromatic heterocycles. The maximum absolute atomic E-state index is 12.7. The minimum absolute atomic E-state index is 0.442. The van der Waals surface area contributed by atoms with Gasteiger partial charge in [-0.2, -0.15) is 13.2 Å². The van der Waals surface area contributed by atoms with Crippen molar-refractivity contribution >= 4 is 11.8 Å². The highest BCUT2D eigenvalue weighted by Gasteiger charge is 2.31. The number of aromatic nitrogens is 3. The Bertz CT molecular complexity index is 868. The highest BCUT2D eigenvalue weighted by molar-refractivity contribution is 7.98. The third kappa shape index (κ3) is 3.80. The van der Waals surface area contributed by atoms with E-state index in [2.05, 4.69) is 10.2 Å². The molecule has 0 spiro atoms. The zero-order chi connectivity index (χ0) is 18.1. The number of hydrogen-bond donors (Lipinski definition) is 0. The fourth-order valence-electron chi connectivity index (χ4n) is 2.70. The molecule has 0 bridgehead atoms. The van der Waals surface area contributed by atoms with Crippen LogP contribution in [0.3, 0.4) is 0 Å². The number of furan rings is 1. The summed E-state index contributed by atoms with van der Waals surface area (Å²) < 4.78 is 45.4. The van der Waals surface area contributed by atoms with Crippen molar-refractivity contribution in [2.75, 3.05) is 0 Å². The maximum Gasteiger partial charge on any atom is 0.416 e. The number of rotatable bonds is 6. The molecule has 0 unspecified atom stereocenters. The molecule has 4 rings (SSSR count). The molecule has 3 aromatic rings. The van der Waals surface area contributed by atoms with Gasteiger partial charge in [-0.15, -0.1) is 10.2 Å². The maximum atomic E-state index is 12.7. The average molecular weight is 379 g/mol. The molecule has 0 aliphatic heterocycles. The number of nitrogens with zero attached hydrogens (tertiary/aromatic N) is 3. The van der Waals surface area contributed by atoms with Gasteiger partial charge in [-0.1, -0.05) is 23.9 Å². The molecular formula is C18H16F3N3OS. The van der Waals surface area contributed by atoms with E-state index in [1.165, 1.54) is 23.9 Å². The van der Waals surface area contributed by atoms with Gasteiger partial charge in [0, 0.05) is 11.7 Å². The van der Waals surface area contributed by atoms with Gasteiger partial charge >= 0.3 is 6.18 Å². The summed E-state index contributed by atoms with van der Waals surface area (Å²) in [5.74, 6) is 2.75. The molecule has 136 valence electrons. The van der Waals surface area contributed by atoms with E-state index in [0.717, 1.165) is 47.3 Å². The smallest absolute Gasteiger partial charge is 0.416 e. The second-order valence-electron chi connectivity index (χ2n) is 6.26. The second-order valence-corrected chi connectivity index (χ2v) is 7.21. The number of thioether (sulfide) groups is 1. The number of halogens is 3. The Labute approximate surface area is 152 Å². The molecule has 26 heavy (non-hydrogen) atoms. The summed E-state index contributed by atoms with van der Waals surface area (Å²) in [4.78, 5) is 0. The summed E-state index contributed by atoms with van der Waals surface area (Å²) in [7, 11) is 0. The van der Waals surface area contributed by atoms with Crippen molar-refractivity contribution < 1.29 is 17.6 Å². The molecule has 1 aromatic carbocycles. The summed E-state index contributed by atoms with van der Waals surface area (Å²) >= 11 is 1.47. The third-order valence-corrected chi connectivity index (χ3v) is 5.27.